The van der Waals surface area contributed by atoms with Gasteiger partial charge in [0.2, 0.25) is 0 Å². The number of nitriles is 1. The number of hydrogen-bond acceptors (Lipinski definition) is 5. The van der Waals surface area contributed by atoms with E-state index in [9.17, 15) is 8.42 Å². The molecule has 0 bridgehead atoms. The molecule has 7 nitrogen and oxygen atoms in total. The van der Waals surface area contributed by atoms with Crippen LogP contribution in [0.25, 0.3) is 0 Å². The van der Waals surface area contributed by atoms with Crippen molar-refractivity contribution >= 4 is 16.0 Å². The van der Waals surface area contributed by atoms with E-state index in [0.29, 0.717) is 11.4 Å². The summed E-state index contributed by atoms with van der Waals surface area (Å²) in [6.07, 6.45) is 0. The van der Waals surface area contributed by atoms with Gasteiger partial charge in [-0.05, 0) is 31.5 Å². The molecule has 0 aliphatic heterocycles. The summed E-state index contributed by atoms with van der Waals surface area (Å²) in [5.41, 5.74) is 0.816. The molecular formula is C11H11N5O2S. The lowest BCUT2D eigenvalue weighted by Gasteiger charge is -2.07. The number of anilines is 1. The topological polar surface area (TPSA) is 112 Å². The number of sulfonamides is 1. The fourth-order valence-corrected chi connectivity index (χ4v) is 2.74. The van der Waals surface area contributed by atoms with Gasteiger partial charge in [0.05, 0.1) is 16.5 Å². The van der Waals surface area contributed by atoms with Gasteiger partial charge in [-0.2, -0.15) is 10.2 Å². The van der Waals surface area contributed by atoms with Crippen molar-refractivity contribution in [2.75, 3.05) is 4.72 Å². The zero-order valence-electron chi connectivity index (χ0n) is 10.3. The Morgan fingerprint density at radius 3 is 2.68 bits per heavy atom. The highest BCUT2D eigenvalue weighted by molar-refractivity contribution is 7.92. The molecule has 0 atom stereocenters. The number of benzene rings is 1. The van der Waals surface area contributed by atoms with E-state index in [0.717, 1.165) is 0 Å². The van der Waals surface area contributed by atoms with Crippen LogP contribution >= 0.6 is 0 Å². The fourth-order valence-electron chi connectivity index (χ4n) is 1.52. The number of H-pyrrole nitrogens is 1. The van der Waals surface area contributed by atoms with Gasteiger partial charge in [-0.15, -0.1) is 5.10 Å². The van der Waals surface area contributed by atoms with Crippen molar-refractivity contribution in [3.63, 3.8) is 0 Å². The van der Waals surface area contributed by atoms with E-state index in [2.05, 4.69) is 19.9 Å². The minimum atomic E-state index is -3.81. The summed E-state index contributed by atoms with van der Waals surface area (Å²) in [6, 6.07) is 6.36. The van der Waals surface area contributed by atoms with Crippen LogP contribution in [0.5, 0.6) is 0 Å². The number of aromatic amines is 1. The number of hydrogen-bond donors (Lipinski definition) is 2. The lowest BCUT2D eigenvalue weighted by atomic mass is 10.2. The molecule has 0 aliphatic rings. The summed E-state index contributed by atoms with van der Waals surface area (Å²) in [6.45, 7) is 3.31. The lowest BCUT2D eigenvalue weighted by Crippen LogP contribution is -2.15. The van der Waals surface area contributed by atoms with Gasteiger partial charge >= 0.3 is 0 Å². The monoisotopic (exact) mass is 277 g/mol. The molecule has 0 aliphatic carbocycles. The van der Waals surface area contributed by atoms with Gasteiger partial charge in [-0.1, -0.05) is 6.07 Å². The Morgan fingerprint density at radius 1 is 1.37 bits per heavy atom. The van der Waals surface area contributed by atoms with Crippen LogP contribution in [-0.2, 0) is 10.0 Å². The molecule has 0 radical (unpaired) electrons. The quantitative estimate of drug-likeness (QED) is 0.872. The van der Waals surface area contributed by atoms with Gasteiger partial charge < -0.3 is 0 Å². The molecule has 1 aromatic carbocycles. The maximum absolute atomic E-state index is 12.2. The second kappa shape index (κ2) is 4.70. The average Bonchev–Trinajstić information content (AvgIpc) is 2.74. The molecule has 2 N–H and O–H groups in total. The SMILES string of the molecule is Cc1nc(NS(=O)(=O)c2cc(C#N)ccc2C)n[nH]1. The van der Waals surface area contributed by atoms with E-state index < -0.39 is 10.0 Å². The van der Waals surface area contributed by atoms with Crippen LogP contribution in [0, 0.1) is 25.2 Å². The lowest BCUT2D eigenvalue weighted by molar-refractivity contribution is 0.600. The molecular weight excluding hydrogens is 266 g/mol. The van der Waals surface area contributed by atoms with Crippen molar-refractivity contribution in [1.29, 1.82) is 5.26 Å². The Hall–Kier alpha value is -2.40. The highest BCUT2D eigenvalue weighted by Gasteiger charge is 2.19. The molecule has 0 unspecified atom stereocenters. The summed E-state index contributed by atoms with van der Waals surface area (Å²) < 4.78 is 26.6. The third kappa shape index (κ3) is 2.71. The summed E-state index contributed by atoms with van der Waals surface area (Å²) in [4.78, 5) is 3.91. The normalized spacial score (nSPS) is 11.0. The molecule has 0 spiro atoms. The second-order valence-electron chi connectivity index (χ2n) is 3.94. The molecule has 0 saturated heterocycles. The van der Waals surface area contributed by atoms with Gasteiger partial charge in [0.25, 0.3) is 16.0 Å². The maximum atomic E-state index is 12.2. The molecule has 0 amide bonds. The Labute approximate surface area is 110 Å². The standard InChI is InChI=1S/C11H11N5O2S/c1-7-3-4-9(6-12)5-10(7)19(17,18)16-11-13-8(2)14-15-11/h3-5H,1-2H3,(H2,13,14,15,16). The predicted octanol–water partition coefficient (Wildman–Crippen LogP) is 1.09. The van der Waals surface area contributed by atoms with Gasteiger partial charge in [0.15, 0.2) is 0 Å². The first-order valence-electron chi connectivity index (χ1n) is 5.35. The smallest absolute Gasteiger partial charge is 0.261 e. The Balaban J connectivity index is 2.42. The highest BCUT2D eigenvalue weighted by atomic mass is 32.2. The molecule has 2 rings (SSSR count). The van der Waals surface area contributed by atoms with E-state index in [4.69, 9.17) is 5.26 Å². The van der Waals surface area contributed by atoms with Crippen LogP contribution in [0.1, 0.15) is 17.0 Å². The summed E-state index contributed by atoms with van der Waals surface area (Å²) in [5, 5.41) is 15.1. The van der Waals surface area contributed by atoms with Crippen LogP contribution in [0.3, 0.4) is 0 Å². The van der Waals surface area contributed by atoms with Gasteiger partial charge in [0, 0.05) is 0 Å². The molecule has 0 saturated carbocycles. The average molecular weight is 277 g/mol. The molecule has 2 aromatic rings. The molecule has 1 heterocycles. The van der Waals surface area contributed by atoms with Gasteiger partial charge in [0.1, 0.15) is 5.82 Å². The Bertz CT molecular complexity index is 758. The third-order valence-corrected chi connectivity index (χ3v) is 3.90. The number of aryl methyl sites for hydroxylation is 2. The van der Waals surface area contributed by atoms with Crippen LogP contribution < -0.4 is 4.72 Å². The molecule has 0 fully saturated rings. The molecule has 1 aromatic heterocycles. The summed E-state index contributed by atoms with van der Waals surface area (Å²) >= 11 is 0. The van der Waals surface area contributed by atoms with Crippen LogP contribution in [-0.4, -0.2) is 23.6 Å². The van der Waals surface area contributed by atoms with E-state index in [1.165, 1.54) is 6.07 Å². The number of nitrogens with one attached hydrogen (secondary N) is 2. The first-order chi connectivity index (χ1) is 8.92. The van der Waals surface area contributed by atoms with Crippen LogP contribution in [0.4, 0.5) is 5.95 Å². The number of rotatable bonds is 3. The van der Waals surface area contributed by atoms with E-state index >= 15 is 0 Å². The van der Waals surface area contributed by atoms with E-state index in [1.807, 2.05) is 6.07 Å². The summed E-state index contributed by atoms with van der Waals surface area (Å²) in [5.74, 6) is 0.472. The van der Waals surface area contributed by atoms with Crippen molar-refractivity contribution < 1.29 is 8.42 Å². The zero-order valence-corrected chi connectivity index (χ0v) is 11.1. The van der Waals surface area contributed by atoms with Gasteiger partial charge in [-0.3, -0.25) is 5.10 Å². The maximum Gasteiger partial charge on any atom is 0.264 e. The van der Waals surface area contributed by atoms with Crippen LogP contribution in [0.15, 0.2) is 23.1 Å². The molecule has 19 heavy (non-hydrogen) atoms. The van der Waals surface area contributed by atoms with Crippen molar-refractivity contribution in [3.8, 4) is 6.07 Å². The van der Waals surface area contributed by atoms with E-state index in [-0.39, 0.29) is 16.4 Å². The van der Waals surface area contributed by atoms with Crippen molar-refractivity contribution in [2.24, 2.45) is 0 Å². The summed E-state index contributed by atoms with van der Waals surface area (Å²) in [7, 11) is -3.81. The predicted molar refractivity (Wildman–Crippen MR) is 67.8 cm³/mol. The Morgan fingerprint density at radius 2 is 2.11 bits per heavy atom. The fraction of sp³-hybridized carbons (Fsp3) is 0.182. The number of nitrogens with zero attached hydrogens (tertiary/aromatic N) is 3. The molecule has 8 heteroatoms. The zero-order chi connectivity index (χ0) is 14.0. The minimum absolute atomic E-state index is 0.0285. The second-order valence-corrected chi connectivity index (χ2v) is 5.59. The highest BCUT2D eigenvalue weighted by Crippen LogP contribution is 2.19. The largest absolute Gasteiger partial charge is 0.264 e. The third-order valence-electron chi connectivity index (χ3n) is 2.43. The minimum Gasteiger partial charge on any atom is -0.261 e. The van der Waals surface area contributed by atoms with Crippen molar-refractivity contribution in [1.82, 2.24) is 15.2 Å². The molecule has 98 valence electrons. The number of aromatic nitrogens is 3. The van der Waals surface area contributed by atoms with E-state index in [1.54, 1.807) is 26.0 Å². The van der Waals surface area contributed by atoms with Crippen LogP contribution in [0.2, 0.25) is 0 Å². The Kier molecular flexibility index (Phi) is 3.23. The van der Waals surface area contributed by atoms with Gasteiger partial charge in [-0.25, -0.2) is 13.1 Å². The first-order valence-corrected chi connectivity index (χ1v) is 6.83. The van der Waals surface area contributed by atoms with Crippen molar-refractivity contribution in [2.45, 2.75) is 18.7 Å². The van der Waals surface area contributed by atoms with Crippen molar-refractivity contribution in [3.05, 3.63) is 35.2 Å². The first kappa shape index (κ1) is 13.0.